The molecule has 0 bridgehead atoms. The number of rotatable bonds is 5. The van der Waals surface area contributed by atoms with Gasteiger partial charge in [0.2, 0.25) is 5.91 Å². The molecule has 0 saturated carbocycles. The van der Waals surface area contributed by atoms with Crippen LogP contribution in [0.25, 0.3) is 0 Å². The van der Waals surface area contributed by atoms with E-state index in [-0.39, 0.29) is 5.91 Å². The number of carbonyl (C=O) groups is 1. The Bertz CT molecular complexity index is 113. The van der Waals surface area contributed by atoms with Crippen molar-refractivity contribution in [2.75, 3.05) is 7.11 Å². The van der Waals surface area contributed by atoms with E-state index in [1.807, 2.05) is 0 Å². The molecule has 0 aromatic heterocycles. The molecular weight excluding hydrogens is 142 g/mol. The first kappa shape index (κ1) is 10.4. The van der Waals surface area contributed by atoms with Gasteiger partial charge in [0, 0.05) is 6.42 Å². The van der Waals surface area contributed by atoms with Gasteiger partial charge in [0.25, 0.3) is 0 Å². The van der Waals surface area contributed by atoms with Crippen molar-refractivity contribution in [1.29, 1.82) is 0 Å². The van der Waals surface area contributed by atoms with Gasteiger partial charge in [-0.15, -0.1) is 0 Å². The minimum absolute atomic E-state index is 0.0341. The Labute approximate surface area is 68.1 Å². The van der Waals surface area contributed by atoms with Crippen molar-refractivity contribution < 1.29 is 9.63 Å². The predicted molar refractivity (Wildman–Crippen MR) is 43.8 cm³/mol. The molecule has 3 nitrogen and oxygen atoms in total. The third kappa shape index (κ3) is 7.33. The molecule has 0 atom stereocenters. The summed E-state index contributed by atoms with van der Waals surface area (Å²) in [5.74, 6) is 0.637. The van der Waals surface area contributed by atoms with Crippen molar-refractivity contribution in [3.05, 3.63) is 0 Å². The first-order chi connectivity index (χ1) is 5.16. The Morgan fingerprint density at radius 1 is 1.55 bits per heavy atom. The highest BCUT2D eigenvalue weighted by molar-refractivity contribution is 5.74. The molecule has 0 fully saturated rings. The summed E-state index contributed by atoms with van der Waals surface area (Å²) in [6.07, 6.45) is 2.59. The SMILES string of the molecule is CONC(=O)CCCC(C)C. The highest BCUT2D eigenvalue weighted by atomic mass is 16.6. The molecular formula is C8H17NO2. The van der Waals surface area contributed by atoms with Crippen LogP contribution in [-0.4, -0.2) is 13.0 Å². The van der Waals surface area contributed by atoms with Gasteiger partial charge in [0.1, 0.15) is 0 Å². The summed E-state index contributed by atoms with van der Waals surface area (Å²) < 4.78 is 0. The number of hydrogen-bond donors (Lipinski definition) is 1. The van der Waals surface area contributed by atoms with Crippen molar-refractivity contribution in [2.24, 2.45) is 5.92 Å². The van der Waals surface area contributed by atoms with Gasteiger partial charge in [-0.25, -0.2) is 5.48 Å². The van der Waals surface area contributed by atoms with E-state index in [0.717, 1.165) is 12.8 Å². The van der Waals surface area contributed by atoms with Gasteiger partial charge >= 0.3 is 0 Å². The van der Waals surface area contributed by atoms with E-state index in [2.05, 4.69) is 24.2 Å². The fourth-order valence-electron chi connectivity index (χ4n) is 0.836. The molecule has 0 radical (unpaired) electrons. The number of nitrogens with one attached hydrogen (secondary N) is 1. The quantitative estimate of drug-likeness (QED) is 0.617. The molecule has 66 valence electrons. The third-order valence-electron chi connectivity index (χ3n) is 1.40. The predicted octanol–water partition coefficient (Wildman–Crippen LogP) is 1.49. The van der Waals surface area contributed by atoms with Gasteiger partial charge in [-0.3, -0.25) is 9.63 Å². The third-order valence-corrected chi connectivity index (χ3v) is 1.40. The summed E-state index contributed by atoms with van der Waals surface area (Å²) in [5, 5.41) is 0. The van der Waals surface area contributed by atoms with Gasteiger partial charge in [-0.05, 0) is 12.3 Å². The van der Waals surface area contributed by atoms with Crippen LogP contribution in [0.3, 0.4) is 0 Å². The molecule has 0 rings (SSSR count). The van der Waals surface area contributed by atoms with Gasteiger partial charge in [-0.1, -0.05) is 20.3 Å². The smallest absolute Gasteiger partial charge is 0.243 e. The average Bonchev–Trinajstić information content (AvgIpc) is 1.87. The molecule has 0 saturated heterocycles. The topological polar surface area (TPSA) is 38.3 Å². The van der Waals surface area contributed by atoms with E-state index >= 15 is 0 Å². The monoisotopic (exact) mass is 159 g/mol. The Hall–Kier alpha value is -0.570. The molecule has 0 unspecified atom stereocenters. The molecule has 1 N–H and O–H groups in total. The number of amides is 1. The Morgan fingerprint density at radius 3 is 2.64 bits per heavy atom. The molecule has 0 aliphatic carbocycles. The van der Waals surface area contributed by atoms with Crippen LogP contribution < -0.4 is 5.48 Å². The lowest BCUT2D eigenvalue weighted by Gasteiger charge is -2.03. The Kier molecular flexibility index (Phi) is 5.84. The second-order valence-electron chi connectivity index (χ2n) is 3.02. The molecule has 0 aliphatic rings. The lowest BCUT2D eigenvalue weighted by Crippen LogP contribution is -2.21. The molecule has 0 heterocycles. The minimum atomic E-state index is -0.0341. The highest BCUT2D eigenvalue weighted by Gasteiger charge is 2.00. The molecule has 0 aromatic carbocycles. The van der Waals surface area contributed by atoms with Crippen LogP contribution in [0.2, 0.25) is 0 Å². The zero-order valence-electron chi connectivity index (χ0n) is 7.52. The fraction of sp³-hybridized carbons (Fsp3) is 0.875. The molecule has 1 amide bonds. The van der Waals surface area contributed by atoms with E-state index in [1.165, 1.54) is 7.11 Å². The van der Waals surface area contributed by atoms with E-state index in [4.69, 9.17) is 0 Å². The summed E-state index contributed by atoms with van der Waals surface area (Å²) >= 11 is 0. The standard InChI is InChI=1S/C8H17NO2/c1-7(2)5-4-6-8(10)9-11-3/h7H,4-6H2,1-3H3,(H,9,10). The number of carbonyl (C=O) groups excluding carboxylic acids is 1. The largest absolute Gasteiger partial charge is 0.277 e. The van der Waals surface area contributed by atoms with Crippen molar-refractivity contribution in [2.45, 2.75) is 33.1 Å². The van der Waals surface area contributed by atoms with Crippen molar-refractivity contribution in [3.8, 4) is 0 Å². The van der Waals surface area contributed by atoms with Crippen molar-refractivity contribution in [1.82, 2.24) is 5.48 Å². The molecule has 3 heteroatoms. The van der Waals surface area contributed by atoms with Crippen LogP contribution in [0.1, 0.15) is 33.1 Å². The van der Waals surface area contributed by atoms with Gasteiger partial charge in [0.15, 0.2) is 0 Å². The van der Waals surface area contributed by atoms with Gasteiger partial charge in [0.05, 0.1) is 7.11 Å². The zero-order chi connectivity index (χ0) is 8.69. The average molecular weight is 159 g/mol. The van der Waals surface area contributed by atoms with Crippen LogP contribution in [0, 0.1) is 5.92 Å². The summed E-state index contributed by atoms with van der Waals surface area (Å²) in [5.41, 5.74) is 2.28. The first-order valence-corrected chi connectivity index (χ1v) is 3.98. The molecule has 0 spiro atoms. The number of hydrogen-bond acceptors (Lipinski definition) is 2. The maximum Gasteiger partial charge on any atom is 0.243 e. The van der Waals surface area contributed by atoms with Crippen LogP contribution in [0.5, 0.6) is 0 Å². The van der Waals surface area contributed by atoms with E-state index in [9.17, 15) is 4.79 Å². The molecule has 0 aromatic rings. The Balaban J connectivity index is 3.17. The molecule has 0 aliphatic heterocycles. The second kappa shape index (κ2) is 6.16. The second-order valence-corrected chi connectivity index (χ2v) is 3.02. The van der Waals surface area contributed by atoms with Gasteiger partial charge < -0.3 is 0 Å². The summed E-state index contributed by atoms with van der Waals surface area (Å²) in [6, 6.07) is 0. The number of hydroxylamine groups is 1. The fourth-order valence-corrected chi connectivity index (χ4v) is 0.836. The molecule has 11 heavy (non-hydrogen) atoms. The van der Waals surface area contributed by atoms with E-state index < -0.39 is 0 Å². The van der Waals surface area contributed by atoms with E-state index in [0.29, 0.717) is 12.3 Å². The summed E-state index contributed by atoms with van der Waals surface area (Å²) in [7, 11) is 1.44. The van der Waals surface area contributed by atoms with E-state index in [1.54, 1.807) is 0 Å². The zero-order valence-corrected chi connectivity index (χ0v) is 7.52. The maximum absolute atomic E-state index is 10.8. The van der Waals surface area contributed by atoms with Crippen LogP contribution in [0.15, 0.2) is 0 Å². The van der Waals surface area contributed by atoms with Crippen LogP contribution in [0.4, 0.5) is 0 Å². The lowest BCUT2D eigenvalue weighted by atomic mass is 10.1. The van der Waals surface area contributed by atoms with Crippen molar-refractivity contribution >= 4 is 5.91 Å². The first-order valence-electron chi connectivity index (χ1n) is 3.98. The van der Waals surface area contributed by atoms with Crippen molar-refractivity contribution in [3.63, 3.8) is 0 Å². The normalized spacial score (nSPS) is 10.2. The van der Waals surface area contributed by atoms with Gasteiger partial charge in [-0.2, -0.15) is 0 Å². The summed E-state index contributed by atoms with van der Waals surface area (Å²) in [4.78, 5) is 15.3. The highest BCUT2D eigenvalue weighted by Crippen LogP contribution is 2.05. The Morgan fingerprint density at radius 2 is 2.18 bits per heavy atom. The summed E-state index contributed by atoms with van der Waals surface area (Å²) in [6.45, 7) is 4.29. The lowest BCUT2D eigenvalue weighted by molar-refractivity contribution is -0.131. The van der Waals surface area contributed by atoms with Crippen LogP contribution >= 0.6 is 0 Å². The minimum Gasteiger partial charge on any atom is -0.277 e. The maximum atomic E-state index is 10.8. The van der Waals surface area contributed by atoms with Crippen LogP contribution in [-0.2, 0) is 9.63 Å².